The van der Waals surface area contributed by atoms with Crippen molar-refractivity contribution in [3.63, 3.8) is 0 Å². The Morgan fingerprint density at radius 3 is 1.51 bits per heavy atom. The third kappa shape index (κ3) is 4.75. The Kier molecular flexibility index (Phi) is 6.55. The lowest BCUT2D eigenvalue weighted by atomic mass is 9.92. The van der Waals surface area contributed by atoms with E-state index in [0.29, 0.717) is 0 Å². The van der Waals surface area contributed by atoms with Crippen molar-refractivity contribution in [1.82, 2.24) is 14.5 Å². The van der Waals surface area contributed by atoms with E-state index in [1.54, 1.807) is 0 Å². The highest BCUT2D eigenvalue weighted by molar-refractivity contribution is 6.14. The first-order valence-electron chi connectivity index (χ1n) is 18.1. The number of aromatic nitrogens is 3. The van der Waals surface area contributed by atoms with Crippen molar-refractivity contribution >= 4 is 65.2 Å². The van der Waals surface area contributed by atoms with Crippen molar-refractivity contribution in [2.75, 3.05) is 0 Å². The van der Waals surface area contributed by atoms with Crippen molar-refractivity contribution in [3.05, 3.63) is 188 Å². The summed E-state index contributed by atoms with van der Waals surface area (Å²) in [4.78, 5) is 10.6. The number of pyridine rings is 2. The molecule has 0 unspecified atom stereocenters. The Bertz CT molecular complexity index is 3180. The summed E-state index contributed by atoms with van der Waals surface area (Å²) in [6.45, 7) is 0. The van der Waals surface area contributed by atoms with Crippen LogP contribution >= 0.6 is 0 Å². The smallest absolute Gasteiger partial charge is 0.0972 e. The van der Waals surface area contributed by atoms with Gasteiger partial charge >= 0.3 is 0 Å². The molecule has 246 valence electrons. The summed E-state index contributed by atoms with van der Waals surface area (Å²) < 4.78 is 2.41. The molecule has 3 heterocycles. The summed E-state index contributed by atoms with van der Waals surface area (Å²) in [7, 11) is 0. The maximum atomic E-state index is 5.43. The molecular weight excluding hydrogens is 643 g/mol. The molecule has 3 heteroatoms. The zero-order valence-corrected chi connectivity index (χ0v) is 28.7. The SMILES string of the molecule is c1ccc(-c2ccc3ccc4ccc(-c5cc(-c6cc7ccccc7c7ccccc67)cc(-n6c7ccccc7c7ccccc76)c5)nc4c3n2)cc1. The second kappa shape index (κ2) is 11.7. The number of fused-ring (bicyclic) bond motifs is 9. The number of hydrogen-bond acceptors (Lipinski definition) is 2. The third-order valence-corrected chi connectivity index (χ3v) is 10.7. The van der Waals surface area contributed by atoms with E-state index < -0.39 is 0 Å². The van der Waals surface area contributed by atoms with Crippen molar-refractivity contribution in [2.24, 2.45) is 0 Å². The van der Waals surface area contributed by atoms with E-state index in [9.17, 15) is 0 Å². The predicted molar refractivity (Wildman–Crippen MR) is 223 cm³/mol. The lowest BCUT2D eigenvalue weighted by Gasteiger charge is -2.16. The molecule has 0 saturated heterocycles. The van der Waals surface area contributed by atoms with E-state index in [0.717, 1.165) is 55.6 Å². The van der Waals surface area contributed by atoms with Crippen molar-refractivity contribution < 1.29 is 0 Å². The minimum absolute atomic E-state index is 0.901. The van der Waals surface area contributed by atoms with Crippen LogP contribution in [-0.2, 0) is 0 Å². The minimum atomic E-state index is 0.901. The average molecular weight is 674 g/mol. The molecule has 11 rings (SSSR count). The normalized spacial score (nSPS) is 11.8. The Morgan fingerprint density at radius 2 is 0.830 bits per heavy atom. The standard InChI is InChI=1S/C50H31N3/c1-2-12-32(13-3-1)45-26-24-33-22-23-34-25-27-46(52-50(34)49(33)51-45)37-28-36(44-31-35-14-4-5-15-39(35)40-16-6-7-17-41(40)44)29-38(30-37)53-47-20-10-8-18-42(47)43-19-9-11-21-48(43)53/h1-31H. The highest BCUT2D eigenvalue weighted by Crippen LogP contribution is 2.40. The van der Waals surface area contributed by atoms with Gasteiger partial charge in [-0.25, -0.2) is 9.97 Å². The van der Waals surface area contributed by atoms with Crippen LogP contribution in [0.2, 0.25) is 0 Å². The van der Waals surface area contributed by atoms with Crippen molar-refractivity contribution in [1.29, 1.82) is 0 Å². The molecule has 53 heavy (non-hydrogen) atoms. The number of hydrogen-bond donors (Lipinski definition) is 0. The number of para-hydroxylation sites is 2. The van der Waals surface area contributed by atoms with Crippen molar-refractivity contribution in [3.8, 4) is 39.3 Å². The fourth-order valence-corrected chi connectivity index (χ4v) is 8.24. The van der Waals surface area contributed by atoms with Crippen LogP contribution in [0.3, 0.4) is 0 Å². The van der Waals surface area contributed by atoms with E-state index in [4.69, 9.17) is 9.97 Å². The van der Waals surface area contributed by atoms with E-state index in [-0.39, 0.29) is 0 Å². The summed E-state index contributed by atoms with van der Waals surface area (Å²) in [6, 6.07) is 67.5. The molecule has 0 aliphatic rings. The van der Waals surface area contributed by atoms with Crippen LogP contribution in [0.5, 0.6) is 0 Å². The molecule has 0 amide bonds. The van der Waals surface area contributed by atoms with Gasteiger partial charge in [0.25, 0.3) is 0 Å². The van der Waals surface area contributed by atoms with E-state index in [1.807, 2.05) is 6.07 Å². The zero-order chi connectivity index (χ0) is 34.9. The highest BCUT2D eigenvalue weighted by Gasteiger charge is 2.17. The first-order chi connectivity index (χ1) is 26.3. The molecule has 0 bridgehead atoms. The second-order valence-corrected chi connectivity index (χ2v) is 13.8. The predicted octanol–water partition coefficient (Wildman–Crippen LogP) is 13.2. The van der Waals surface area contributed by atoms with Gasteiger partial charge in [-0.2, -0.15) is 0 Å². The summed E-state index contributed by atoms with van der Waals surface area (Å²) in [5.41, 5.74) is 11.6. The van der Waals surface area contributed by atoms with Crippen molar-refractivity contribution in [2.45, 2.75) is 0 Å². The molecule has 0 fully saturated rings. The lowest BCUT2D eigenvalue weighted by molar-refractivity contribution is 1.18. The van der Waals surface area contributed by atoms with E-state index in [1.165, 1.54) is 48.9 Å². The van der Waals surface area contributed by atoms with Crippen LogP contribution in [0.25, 0.3) is 104 Å². The molecule has 0 aliphatic heterocycles. The zero-order valence-electron chi connectivity index (χ0n) is 28.7. The van der Waals surface area contributed by atoms with Gasteiger partial charge < -0.3 is 4.57 Å². The highest BCUT2D eigenvalue weighted by atomic mass is 15.0. The second-order valence-electron chi connectivity index (χ2n) is 13.8. The Labute approximate surface area is 306 Å². The number of nitrogens with zero attached hydrogens (tertiary/aromatic N) is 3. The van der Waals surface area contributed by atoms with Gasteiger partial charge in [-0.05, 0) is 81.2 Å². The van der Waals surface area contributed by atoms with Gasteiger partial charge in [0.15, 0.2) is 0 Å². The topological polar surface area (TPSA) is 30.7 Å². The fraction of sp³-hybridized carbons (Fsp3) is 0. The van der Waals surface area contributed by atoms with Crippen LogP contribution in [0.15, 0.2) is 188 Å². The molecule has 11 aromatic rings. The van der Waals surface area contributed by atoms with Gasteiger partial charge in [0, 0.05) is 38.4 Å². The summed E-state index contributed by atoms with van der Waals surface area (Å²) >= 11 is 0. The van der Waals surface area contributed by atoms with Crippen LogP contribution < -0.4 is 0 Å². The molecule has 0 saturated carbocycles. The van der Waals surface area contributed by atoms with E-state index in [2.05, 4.69) is 187 Å². The number of benzene rings is 8. The Hall–Kier alpha value is -7.10. The first-order valence-corrected chi connectivity index (χ1v) is 18.1. The Morgan fingerprint density at radius 1 is 0.321 bits per heavy atom. The molecule has 0 aliphatic carbocycles. The maximum Gasteiger partial charge on any atom is 0.0972 e. The van der Waals surface area contributed by atoms with Gasteiger partial charge in [0.05, 0.1) is 33.5 Å². The molecule has 0 atom stereocenters. The molecule has 0 radical (unpaired) electrons. The molecule has 3 nitrogen and oxygen atoms in total. The third-order valence-electron chi connectivity index (χ3n) is 10.7. The molecule has 3 aromatic heterocycles. The van der Waals surface area contributed by atoms with E-state index >= 15 is 0 Å². The van der Waals surface area contributed by atoms with Gasteiger partial charge in [-0.15, -0.1) is 0 Å². The largest absolute Gasteiger partial charge is 0.309 e. The fourth-order valence-electron chi connectivity index (χ4n) is 8.24. The summed E-state index contributed by atoms with van der Waals surface area (Å²) in [5.74, 6) is 0. The lowest BCUT2D eigenvalue weighted by Crippen LogP contribution is -1.97. The summed E-state index contributed by atoms with van der Waals surface area (Å²) in [5, 5.41) is 9.58. The van der Waals surface area contributed by atoms with Gasteiger partial charge in [0.1, 0.15) is 0 Å². The monoisotopic (exact) mass is 673 g/mol. The van der Waals surface area contributed by atoms with Crippen LogP contribution in [-0.4, -0.2) is 14.5 Å². The van der Waals surface area contributed by atoms with Crippen LogP contribution in [0.4, 0.5) is 0 Å². The van der Waals surface area contributed by atoms with Crippen LogP contribution in [0, 0.1) is 0 Å². The van der Waals surface area contributed by atoms with Crippen LogP contribution in [0.1, 0.15) is 0 Å². The quantitative estimate of drug-likeness (QED) is 0.174. The molecule has 8 aromatic carbocycles. The minimum Gasteiger partial charge on any atom is -0.309 e. The van der Waals surface area contributed by atoms with Gasteiger partial charge in [-0.1, -0.05) is 140 Å². The maximum absolute atomic E-state index is 5.43. The Balaban J connectivity index is 1.21. The molecular formula is C50H31N3. The molecule has 0 N–H and O–H groups in total. The number of rotatable bonds is 4. The first kappa shape index (κ1) is 29.6. The summed E-state index contributed by atoms with van der Waals surface area (Å²) in [6.07, 6.45) is 0. The average Bonchev–Trinajstić information content (AvgIpc) is 3.57. The molecule has 0 spiro atoms. The van der Waals surface area contributed by atoms with Gasteiger partial charge in [-0.3, -0.25) is 0 Å². The van der Waals surface area contributed by atoms with Gasteiger partial charge in [0.2, 0.25) is 0 Å².